The molecule has 0 aliphatic heterocycles. The number of aromatic nitrogens is 2. The molecular weight excluding hydrogens is 250 g/mol. The number of imidazole rings is 1. The third kappa shape index (κ3) is 2.40. The Kier molecular flexibility index (Phi) is 3.87. The number of nitrogens with zero attached hydrogens (tertiary/aromatic N) is 2. The maximum Gasteiger partial charge on any atom is 0.102 e. The van der Waals surface area contributed by atoms with Crippen molar-refractivity contribution in [1.82, 2.24) is 9.55 Å². The fourth-order valence-electron chi connectivity index (χ4n) is 3.91. The lowest BCUT2D eigenvalue weighted by Gasteiger charge is -2.43. The van der Waals surface area contributed by atoms with Gasteiger partial charge in [0, 0.05) is 18.0 Å². The van der Waals surface area contributed by atoms with Gasteiger partial charge in [-0.3, -0.25) is 0 Å². The molecule has 0 aromatic carbocycles. The number of hydrogen-bond acceptors (Lipinski definition) is 3. The molecule has 4 nitrogen and oxygen atoms in total. The van der Waals surface area contributed by atoms with Crippen molar-refractivity contribution >= 4 is 0 Å². The topological polar surface area (TPSA) is 64.1 Å². The first-order valence-corrected chi connectivity index (χ1v) is 8.10. The van der Waals surface area contributed by atoms with Gasteiger partial charge in [-0.25, -0.2) is 4.98 Å². The van der Waals surface area contributed by atoms with Crippen LogP contribution in [0.5, 0.6) is 0 Å². The minimum absolute atomic E-state index is 0.147. The first kappa shape index (κ1) is 14.1. The van der Waals surface area contributed by atoms with E-state index in [1.54, 1.807) is 0 Å². The SMILES string of the molecule is CCC1CCCC(CN)(C(O)c2cncn2C2CC2)C1. The van der Waals surface area contributed by atoms with E-state index in [0.29, 0.717) is 18.5 Å². The average molecular weight is 277 g/mol. The van der Waals surface area contributed by atoms with Crippen LogP contribution < -0.4 is 5.73 Å². The first-order valence-electron chi connectivity index (χ1n) is 8.10. The van der Waals surface area contributed by atoms with E-state index in [1.165, 1.54) is 32.1 Å². The second-order valence-corrected chi connectivity index (χ2v) is 6.80. The highest BCUT2D eigenvalue weighted by atomic mass is 16.3. The van der Waals surface area contributed by atoms with E-state index in [0.717, 1.165) is 18.5 Å². The summed E-state index contributed by atoms with van der Waals surface area (Å²) in [4.78, 5) is 4.27. The Morgan fingerprint density at radius 2 is 2.30 bits per heavy atom. The molecule has 1 aromatic rings. The van der Waals surface area contributed by atoms with Crippen molar-refractivity contribution in [3.05, 3.63) is 18.2 Å². The normalized spacial score (nSPS) is 32.2. The Morgan fingerprint density at radius 1 is 1.50 bits per heavy atom. The maximum absolute atomic E-state index is 11.0. The Bertz CT molecular complexity index is 454. The van der Waals surface area contributed by atoms with E-state index < -0.39 is 6.10 Å². The van der Waals surface area contributed by atoms with Crippen LogP contribution in [0, 0.1) is 11.3 Å². The molecule has 112 valence electrons. The second kappa shape index (κ2) is 5.49. The molecular formula is C16H27N3O. The van der Waals surface area contributed by atoms with Gasteiger partial charge in [0.15, 0.2) is 0 Å². The zero-order chi connectivity index (χ0) is 14.2. The summed E-state index contributed by atoms with van der Waals surface area (Å²) >= 11 is 0. The van der Waals surface area contributed by atoms with Gasteiger partial charge in [0.1, 0.15) is 6.10 Å². The van der Waals surface area contributed by atoms with Crippen LogP contribution in [0.15, 0.2) is 12.5 Å². The standard InChI is InChI=1S/C16H27N3O/c1-2-12-4-3-7-16(8-12,10-17)15(20)14-9-18-11-19(14)13-5-6-13/h9,11-13,15,20H,2-8,10,17H2,1H3. The lowest BCUT2D eigenvalue weighted by Crippen LogP contribution is -2.41. The third-order valence-corrected chi connectivity index (χ3v) is 5.46. The minimum Gasteiger partial charge on any atom is -0.386 e. The summed E-state index contributed by atoms with van der Waals surface area (Å²) in [5.74, 6) is 0.708. The van der Waals surface area contributed by atoms with Crippen LogP contribution in [0.4, 0.5) is 0 Å². The van der Waals surface area contributed by atoms with E-state index in [9.17, 15) is 5.11 Å². The number of aliphatic hydroxyl groups is 1. The Hall–Kier alpha value is -0.870. The second-order valence-electron chi connectivity index (χ2n) is 6.80. The van der Waals surface area contributed by atoms with Crippen molar-refractivity contribution in [2.75, 3.05) is 6.54 Å². The van der Waals surface area contributed by atoms with Crippen LogP contribution in [0.3, 0.4) is 0 Å². The lowest BCUT2D eigenvalue weighted by atomic mass is 9.65. The molecule has 0 spiro atoms. The first-order chi connectivity index (χ1) is 9.70. The molecule has 2 saturated carbocycles. The average Bonchev–Trinajstić information content (AvgIpc) is 3.23. The molecule has 2 fully saturated rings. The summed E-state index contributed by atoms with van der Waals surface area (Å²) in [5.41, 5.74) is 6.95. The highest BCUT2D eigenvalue weighted by Crippen LogP contribution is 2.49. The molecule has 3 N–H and O–H groups in total. The van der Waals surface area contributed by atoms with Crippen molar-refractivity contribution in [2.24, 2.45) is 17.1 Å². The smallest absolute Gasteiger partial charge is 0.102 e. The molecule has 3 rings (SSSR count). The fraction of sp³-hybridized carbons (Fsp3) is 0.812. The number of rotatable bonds is 5. The van der Waals surface area contributed by atoms with Gasteiger partial charge >= 0.3 is 0 Å². The molecule has 2 aliphatic rings. The van der Waals surface area contributed by atoms with Gasteiger partial charge in [0.05, 0.1) is 18.2 Å². The highest BCUT2D eigenvalue weighted by Gasteiger charge is 2.43. The molecule has 0 amide bonds. The van der Waals surface area contributed by atoms with E-state index >= 15 is 0 Å². The van der Waals surface area contributed by atoms with Crippen LogP contribution in [0.1, 0.15) is 69.7 Å². The van der Waals surface area contributed by atoms with Gasteiger partial charge in [-0.2, -0.15) is 0 Å². The molecule has 0 saturated heterocycles. The molecule has 3 atom stereocenters. The molecule has 2 aliphatic carbocycles. The van der Waals surface area contributed by atoms with Crippen molar-refractivity contribution in [3.63, 3.8) is 0 Å². The van der Waals surface area contributed by atoms with Crippen LogP contribution in [0.2, 0.25) is 0 Å². The van der Waals surface area contributed by atoms with Crippen LogP contribution in [-0.2, 0) is 0 Å². The van der Waals surface area contributed by atoms with Crippen LogP contribution in [-0.4, -0.2) is 21.2 Å². The predicted octanol–water partition coefficient (Wildman–Crippen LogP) is 2.80. The van der Waals surface area contributed by atoms with E-state index in [1.807, 2.05) is 12.5 Å². The zero-order valence-electron chi connectivity index (χ0n) is 12.5. The van der Waals surface area contributed by atoms with Crippen LogP contribution in [0.25, 0.3) is 0 Å². The van der Waals surface area contributed by atoms with Crippen molar-refractivity contribution in [3.8, 4) is 0 Å². The van der Waals surface area contributed by atoms with Crippen molar-refractivity contribution < 1.29 is 5.11 Å². The van der Waals surface area contributed by atoms with E-state index in [2.05, 4.69) is 16.5 Å². The Labute approximate surface area is 121 Å². The Balaban J connectivity index is 1.85. The number of hydrogen-bond donors (Lipinski definition) is 2. The number of nitrogens with two attached hydrogens (primary N) is 1. The van der Waals surface area contributed by atoms with Gasteiger partial charge in [-0.15, -0.1) is 0 Å². The monoisotopic (exact) mass is 277 g/mol. The van der Waals surface area contributed by atoms with E-state index in [4.69, 9.17) is 5.73 Å². The molecule has 20 heavy (non-hydrogen) atoms. The summed E-state index contributed by atoms with van der Waals surface area (Å²) in [7, 11) is 0. The molecule has 0 radical (unpaired) electrons. The lowest BCUT2D eigenvalue weighted by molar-refractivity contribution is -0.0207. The summed E-state index contributed by atoms with van der Waals surface area (Å²) < 4.78 is 2.18. The van der Waals surface area contributed by atoms with Gasteiger partial charge in [0.2, 0.25) is 0 Å². The van der Waals surface area contributed by atoms with Crippen molar-refractivity contribution in [2.45, 2.75) is 64.0 Å². The summed E-state index contributed by atoms with van der Waals surface area (Å²) in [5, 5.41) is 11.0. The summed E-state index contributed by atoms with van der Waals surface area (Å²) in [6.07, 6.45) is 11.4. The van der Waals surface area contributed by atoms with Crippen LogP contribution >= 0.6 is 0 Å². The van der Waals surface area contributed by atoms with Gasteiger partial charge in [0.25, 0.3) is 0 Å². The maximum atomic E-state index is 11.0. The van der Waals surface area contributed by atoms with Gasteiger partial charge in [-0.1, -0.05) is 26.2 Å². The number of aliphatic hydroxyl groups excluding tert-OH is 1. The van der Waals surface area contributed by atoms with Gasteiger partial charge < -0.3 is 15.4 Å². The predicted molar refractivity (Wildman–Crippen MR) is 79.2 cm³/mol. The summed E-state index contributed by atoms with van der Waals surface area (Å²) in [6, 6.07) is 0.558. The van der Waals surface area contributed by atoms with Crippen molar-refractivity contribution in [1.29, 1.82) is 0 Å². The molecule has 1 aromatic heterocycles. The Morgan fingerprint density at radius 3 is 2.95 bits per heavy atom. The van der Waals surface area contributed by atoms with Gasteiger partial charge in [-0.05, 0) is 31.6 Å². The largest absolute Gasteiger partial charge is 0.386 e. The minimum atomic E-state index is -0.468. The molecule has 3 unspecified atom stereocenters. The third-order valence-electron chi connectivity index (χ3n) is 5.46. The highest BCUT2D eigenvalue weighted by molar-refractivity contribution is 5.12. The molecule has 1 heterocycles. The quantitative estimate of drug-likeness (QED) is 0.870. The molecule has 0 bridgehead atoms. The summed E-state index contributed by atoms with van der Waals surface area (Å²) in [6.45, 7) is 2.82. The molecule has 4 heteroatoms. The van der Waals surface area contributed by atoms with E-state index in [-0.39, 0.29) is 5.41 Å². The zero-order valence-corrected chi connectivity index (χ0v) is 12.5. The fourth-order valence-corrected chi connectivity index (χ4v) is 3.91.